The molecule has 80 valence electrons. The molecule has 6 heteroatoms. The van der Waals surface area contributed by atoms with E-state index in [1.165, 1.54) is 12.4 Å². The summed E-state index contributed by atoms with van der Waals surface area (Å²) in [5.41, 5.74) is 5.03. The van der Waals surface area contributed by atoms with Crippen LogP contribution in [0.4, 0.5) is 4.79 Å². The van der Waals surface area contributed by atoms with Crippen LogP contribution >= 0.6 is 11.8 Å². The van der Waals surface area contributed by atoms with Crippen molar-refractivity contribution in [1.82, 2.24) is 15.8 Å². The maximum absolute atomic E-state index is 11.4. The number of hydrazine groups is 1. The summed E-state index contributed by atoms with van der Waals surface area (Å²) in [6.07, 6.45) is 3.02. The molecule has 0 spiro atoms. The zero-order chi connectivity index (χ0) is 11.1. The van der Waals surface area contributed by atoms with E-state index in [0.29, 0.717) is 11.3 Å². The molecule has 5 nitrogen and oxygen atoms in total. The molecule has 0 unspecified atom stereocenters. The molecule has 1 aromatic heterocycles. The van der Waals surface area contributed by atoms with Gasteiger partial charge < -0.3 is 0 Å². The molecule has 0 aliphatic rings. The van der Waals surface area contributed by atoms with Gasteiger partial charge in [-0.15, -0.1) is 0 Å². The third-order valence-corrected chi connectivity index (χ3v) is 2.15. The van der Waals surface area contributed by atoms with Gasteiger partial charge >= 0.3 is 0 Å². The number of nitrogens with one attached hydrogen (secondary N) is 2. The van der Waals surface area contributed by atoms with Crippen molar-refractivity contribution in [2.45, 2.75) is 6.92 Å². The molecular formula is C9H11N3O2S. The smallest absolute Gasteiger partial charge is 0.267 e. The summed E-state index contributed by atoms with van der Waals surface area (Å²) < 4.78 is 0. The maximum Gasteiger partial charge on any atom is 0.297 e. The quantitative estimate of drug-likeness (QED) is 0.742. The highest BCUT2D eigenvalue weighted by Crippen LogP contribution is 1.98. The van der Waals surface area contributed by atoms with E-state index < -0.39 is 0 Å². The first-order valence-electron chi connectivity index (χ1n) is 4.37. The first-order valence-corrected chi connectivity index (χ1v) is 5.35. The number of nitrogens with zero attached hydrogens (tertiary/aromatic N) is 1. The number of thioether (sulfide) groups is 1. The Hall–Kier alpha value is -1.56. The molecule has 0 aromatic carbocycles. The molecular weight excluding hydrogens is 214 g/mol. The van der Waals surface area contributed by atoms with Gasteiger partial charge in [0.2, 0.25) is 0 Å². The maximum atomic E-state index is 11.4. The van der Waals surface area contributed by atoms with Gasteiger partial charge in [-0.2, -0.15) is 0 Å². The van der Waals surface area contributed by atoms with Gasteiger partial charge in [0.15, 0.2) is 0 Å². The van der Waals surface area contributed by atoms with Crippen molar-refractivity contribution >= 4 is 22.9 Å². The predicted octanol–water partition coefficient (Wildman–Crippen LogP) is 1.19. The largest absolute Gasteiger partial charge is 0.297 e. The van der Waals surface area contributed by atoms with Gasteiger partial charge in [0.05, 0.1) is 0 Å². The van der Waals surface area contributed by atoms with E-state index in [1.54, 1.807) is 12.1 Å². The normalized spacial score (nSPS) is 9.40. The van der Waals surface area contributed by atoms with E-state index in [9.17, 15) is 9.59 Å². The fraction of sp³-hybridized carbons (Fsp3) is 0.222. The van der Waals surface area contributed by atoms with Crippen LogP contribution in [-0.2, 0) is 0 Å². The van der Waals surface area contributed by atoms with Gasteiger partial charge in [0.25, 0.3) is 11.1 Å². The van der Waals surface area contributed by atoms with E-state index in [0.717, 1.165) is 11.8 Å². The van der Waals surface area contributed by atoms with Crippen molar-refractivity contribution in [3.63, 3.8) is 0 Å². The zero-order valence-corrected chi connectivity index (χ0v) is 9.00. The summed E-state index contributed by atoms with van der Waals surface area (Å²) in [4.78, 5) is 26.2. The summed E-state index contributed by atoms with van der Waals surface area (Å²) in [5.74, 6) is 0.305. The molecule has 0 radical (unpaired) electrons. The Morgan fingerprint density at radius 1 is 1.33 bits per heavy atom. The van der Waals surface area contributed by atoms with E-state index >= 15 is 0 Å². The van der Waals surface area contributed by atoms with Gasteiger partial charge in [-0.05, 0) is 17.9 Å². The number of rotatable bonds is 2. The van der Waals surface area contributed by atoms with Crippen molar-refractivity contribution in [1.29, 1.82) is 0 Å². The van der Waals surface area contributed by atoms with E-state index in [4.69, 9.17) is 0 Å². The molecule has 0 atom stereocenters. The lowest BCUT2D eigenvalue weighted by Gasteiger charge is -2.05. The van der Waals surface area contributed by atoms with E-state index in [-0.39, 0.29) is 11.1 Å². The number of carbonyl (C=O) groups excluding carboxylic acids is 2. The Morgan fingerprint density at radius 2 is 2.00 bits per heavy atom. The molecule has 1 aromatic rings. The first kappa shape index (κ1) is 11.5. The molecule has 0 saturated heterocycles. The molecule has 0 bridgehead atoms. The summed E-state index contributed by atoms with van der Waals surface area (Å²) in [6.45, 7) is 1.86. The van der Waals surface area contributed by atoms with Crippen molar-refractivity contribution in [3.05, 3.63) is 30.1 Å². The van der Waals surface area contributed by atoms with Crippen LogP contribution in [0.15, 0.2) is 24.5 Å². The zero-order valence-electron chi connectivity index (χ0n) is 8.19. The predicted molar refractivity (Wildman–Crippen MR) is 58.4 cm³/mol. The number of pyridine rings is 1. The average molecular weight is 225 g/mol. The second-order valence-corrected chi connectivity index (χ2v) is 3.77. The molecule has 1 rings (SSSR count). The van der Waals surface area contributed by atoms with Gasteiger partial charge in [0, 0.05) is 18.0 Å². The van der Waals surface area contributed by atoms with Crippen LogP contribution < -0.4 is 10.9 Å². The molecule has 1 heterocycles. The van der Waals surface area contributed by atoms with E-state index in [2.05, 4.69) is 15.8 Å². The van der Waals surface area contributed by atoms with Crippen LogP contribution in [0, 0.1) is 0 Å². The van der Waals surface area contributed by atoms with Crippen LogP contribution in [0.1, 0.15) is 17.3 Å². The lowest BCUT2D eigenvalue weighted by Crippen LogP contribution is -2.39. The molecule has 0 fully saturated rings. The van der Waals surface area contributed by atoms with Crippen LogP contribution in [-0.4, -0.2) is 21.9 Å². The van der Waals surface area contributed by atoms with Crippen molar-refractivity contribution in [3.8, 4) is 0 Å². The van der Waals surface area contributed by atoms with Gasteiger partial charge in [-0.25, -0.2) is 0 Å². The Labute approximate surface area is 91.6 Å². The van der Waals surface area contributed by atoms with Crippen LogP contribution in [0.3, 0.4) is 0 Å². The molecule has 0 saturated carbocycles. The van der Waals surface area contributed by atoms with Crippen molar-refractivity contribution in [2.75, 3.05) is 5.75 Å². The van der Waals surface area contributed by atoms with Crippen LogP contribution in [0.2, 0.25) is 0 Å². The van der Waals surface area contributed by atoms with Gasteiger partial charge in [0.1, 0.15) is 0 Å². The summed E-state index contributed by atoms with van der Waals surface area (Å²) in [5, 5.41) is -0.278. The summed E-state index contributed by atoms with van der Waals surface area (Å²) >= 11 is 1.09. The van der Waals surface area contributed by atoms with Crippen molar-refractivity contribution < 1.29 is 9.59 Å². The monoisotopic (exact) mass is 225 g/mol. The second-order valence-electron chi connectivity index (χ2n) is 2.54. The third kappa shape index (κ3) is 3.99. The standard InChI is InChI=1S/C9H11N3O2S/c1-2-15-9(14)12-11-8(13)7-3-5-10-6-4-7/h3-6H,2H2,1H3,(H,11,13)(H,12,14). The number of carbonyl (C=O) groups is 2. The third-order valence-electron chi connectivity index (χ3n) is 1.50. The van der Waals surface area contributed by atoms with Crippen LogP contribution in [0.25, 0.3) is 0 Å². The molecule has 2 N–H and O–H groups in total. The Morgan fingerprint density at radius 3 is 2.60 bits per heavy atom. The fourth-order valence-electron chi connectivity index (χ4n) is 0.850. The lowest BCUT2D eigenvalue weighted by atomic mass is 10.3. The lowest BCUT2D eigenvalue weighted by molar-refractivity contribution is 0.0939. The number of amides is 2. The highest BCUT2D eigenvalue weighted by atomic mass is 32.2. The number of hydrogen-bond donors (Lipinski definition) is 2. The minimum atomic E-state index is -0.359. The molecule has 2 amide bonds. The highest BCUT2D eigenvalue weighted by Gasteiger charge is 2.05. The molecule has 0 aliphatic heterocycles. The molecule has 15 heavy (non-hydrogen) atoms. The highest BCUT2D eigenvalue weighted by molar-refractivity contribution is 8.13. The SMILES string of the molecule is CCSC(=O)NNC(=O)c1ccncc1. The Bertz CT molecular complexity index is 342. The van der Waals surface area contributed by atoms with Crippen molar-refractivity contribution in [2.24, 2.45) is 0 Å². The Kier molecular flexibility index (Phi) is 4.62. The van der Waals surface area contributed by atoms with Gasteiger partial charge in [-0.3, -0.25) is 25.4 Å². The topological polar surface area (TPSA) is 71.1 Å². The average Bonchev–Trinajstić information content (AvgIpc) is 2.27. The minimum Gasteiger partial charge on any atom is -0.267 e. The number of hydrogen-bond acceptors (Lipinski definition) is 4. The second kappa shape index (κ2) is 6.02. The van der Waals surface area contributed by atoms with Crippen LogP contribution in [0.5, 0.6) is 0 Å². The minimum absolute atomic E-state index is 0.278. The molecule has 0 aliphatic carbocycles. The summed E-state index contributed by atoms with van der Waals surface area (Å²) in [7, 11) is 0. The van der Waals surface area contributed by atoms with Gasteiger partial charge in [-0.1, -0.05) is 18.7 Å². The van der Waals surface area contributed by atoms with E-state index in [1.807, 2.05) is 6.92 Å². The first-order chi connectivity index (χ1) is 7.24. The number of aromatic nitrogens is 1. The summed E-state index contributed by atoms with van der Waals surface area (Å²) in [6, 6.07) is 3.13. The Balaban J connectivity index is 2.40. The fourth-order valence-corrected chi connectivity index (χ4v) is 1.24.